The average molecular weight is 391 g/mol. The van der Waals surface area contributed by atoms with Crippen molar-refractivity contribution in [3.8, 4) is 11.5 Å². The standard InChI is InChI=1S/C23H25N3O3/c1-3-29-21-13-7-5-10-18(21)24-23(27)26-16-15-25-14-8-11-19(25)22(26)17-9-4-6-12-20(17)28-2/h4-14,22H,3,15-16H2,1-2H3,(H,24,27). The van der Waals surface area contributed by atoms with Gasteiger partial charge in [-0.05, 0) is 37.3 Å². The first-order valence-corrected chi connectivity index (χ1v) is 9.80. The number of urea groups is 1. The number of benzene rings is 2. The number of para-hydroxylation sites is 3. The maximum atomic E-state index is 13.3. The van der Waals surface area contributed by atoms with Crippen LogP contribution >= 0.6 is 0 Å². The van der Waals surface area contributed by atoms with Crippen LogP contribution in [0.15, 0.2) is 66.9 Å². The monoisotopic (exact) mass is 391 g/mol. The third-order valence-corrected chi connectivity index (χ3v) is 5.16. The van der Waals surface area contributed by atoms with Crippen LogP contribution in [0.3, 0.4) is 0 Å². The average Bonchev–Trinajstić information content (AvgIpc) is 3.23. The summed E-state index contributed by atoms with van der Waals surface area (Å²) in [5.74, 6) is 1.43. The van der Waals surface area contributed by atoms with Crippen LogP contribution in [0.5, 0.6) is 11.5 Å². The van der Waals surface area contributed by atoms with Gasteiger partial charge in [-0.25, -0.2) is 4.79 Å². The highest BCUT2D eigenvalue weighted by Crippen LogP contribution is 2.37. The number of nitrogens with zero attached hydrogens (tertiary/aromatic N) is 2. The van der Waals surface area contributed by atoms with Gasteiger partial charge in [0.15, 0.2) is 0 Å². The molecule has 0 spiro atoms. The Morgan fingerprint density at radius 3 is 2.59 bits per heavy atom. The molecule has 150 valence electrons. The van der Waals surface area contributed by atoms with Gasteiger partial charge in [-0.3, -0.25) is 0 Å². The van der Waals surface area contributed by atoms with Crippen molar-refractivity contribution in [2.24, 2.45) is 0 Å². The molecular weight excluding hydrogens is 366 g/mol. The molecule has 2 heterocycles. The van der Waals surface area contributed by atoms with Gasteiger partial charge >= 0.3 is 6.03 Å². The van der Waals surface area contributed by atoms with Crippen LogP contribution in [-0.4, -0.2) is 35.8 Å². The van der Waals surface area contributed by atoms with Crippen molar-refractivity contribution in [3.05, 3.63) is 78.1 Å². The van der Waals surface area contributed by atoms with Gasteiger partial charge in [0, 0.05) is 30.5 Å². The van der Waals surface area contributed by atoms with Gasteiger partial charge in [-0.15, -0.1) is 0 Å². The Bertz CT molecular complexity index is 998. The Balaban J connectivity index is 1.69. The fourth-order valence-electron chi connectivity index (χ4n) is 3.86. The minimum absolute atomic E-state index is 0.166. The first kappa shape index (κ1) is 18.9. The third kappa shape index (κ3) is 3.66. The fourth-order valence-corrected chi connectivity index (χ4v) is 3.86. The summed E-state index contributed by atoms with van der Waals surface area (Å²) in [4.78, 5) is 15.2. The number of carbonyl (C=O) groups is 1. The molecular formula is C23H25N3O3. The molecule has 3 aromatic rings. The molecule has 2 amide bonds. The summed E-state index contributed by atoms with van der Waals surface area (Å²) in [6.45, 7) is 3.80. The lowest BCUT2D eigenvalue weighted by molar-refractivity contribution is 0.180. The predicted octanol–water partition coefficient (Wildman–Crippen LogP) is 4.53. The van der Waals surface area contributed by atoms with E-state index in [0.717, 1.165) is 23.6 Å². The summed E-state index contributed by atoms with van der Waals surface area (Å²) in [7, 11) is 1.66. The van der Waals surface area contributed by atoms with Crippen LogP contribution in [0.4, 0.5) is 10.5 Å². The molecule has 0 saturated heterocycles. The molecule has 1 atom stereocenters. The molecule has 1 unspecified atom stereocenters. The lowest BCUT2D eigenvalue weighted by atomic mass is 9.99. The van der Waals surface area contributed by atoms with Gasteiger partial charge in [-0.1, -0.05) is 30.3 Å². The molecule has 0 saturated carbocycles. The predicted molar refractivity (Wildman–Crippen MR) is 113 cm³/mol. The molecule has 0 aliphatic carbocycles. The molecule has 4 rings (SSSR count). The summed E-state index contributed by atoms with van der Waals surface area (Å²) < 4.78 is 13.4. The third-order valence-electron chi connectivity index (χ3n) is 5.16. The fraction of sp³-hybridized carbons (Fsp3) is 0.261. The zero-order chi connectivity index (χ0) is 20.2. The molecule has 1 aromatic heterocycles. The zero-order valence-electron chi connectivity index (χ0n) is 16.7. The van der Waals surface area contributed by atoms with Crippen LogP contribution < -0.4 is 14.8 Å². The van der Waals surface area contributed by atoms with E-state index >= 15 is 0 Å². The first-order chi connectivity index (χ1) is 14.2. The molecule has 0 radical (unpaired) electrons. The maximum absolute atomic E-state index is 13.3. The van der Waals surface area contributed by atoms with Crippen molar-refractivity contribution in [1.82, 2.24) is 9.47 Å². The van der Waals surface area contributed by atoms with Crippen molar-refractivity contribution in [3.63, 3.8) is 0 Å². The van der Waals surface area contributed by atoms with Crippen molar-refractivity contribution in [2.75, 3.05) is 25.6 Å². The Hall–Kier alpha value is -3.41. The van der Waals surface area contributed by atoms with E-state index in [-0.39, 0.29) is 12.1 Å². The molecule has 1 aliphatic rings. The topological polar surface area (TPSA) is 55.7 Å². The molecule has 0 bridgehead atoms. The van der Waals surface area contributed by atoms with Crippen molar-refractivity contribution < 1.29 is 14.3 Å². The summed E-state index contributed by atoms with van der Waals surface area (Å²) in [5, 5.41) is 3.04. The van der Waals surface area contributed by atoms with E-state index in [1.54, 1.807) is 7.11 Å². The number of hydrogen-bond acceptors (Lipinski definition) is 3. The van der Waals surface area contributed by atoms with E-state index in [9.17, 15) is 4.79 Å². The first-order valence-electron chi connectivity index (χ1n) is 9.80. The van der Waals surface area contributed by atoms with Crippen LogP contribution in [0.1, 0.15) is 24.2 Å². The molecule has 29 heavy (non-hydrogen) atoms. The lowest BCUT2D eigenvalue weighted by Gasteiger charge is -2.37. The summed E-state index contributed by atoms with van der Waals surface area (Å²) >= 11 is 0. The highest BCUT2D eigenvalue weighted by molar-refractivity contribution is 5.91. The molecule has 6 nitrogen and oxygen atoms in total. The largest absolute Gasteiger partial charge is 0.496 e. The van der Waals surface area contributed by atoms with E-state index in [1.807, 2.05) is 66.4 Å². The number of methoxy groups -OCH3 is 1. The van der Waals surface area contributed by atoms with Crippen LogP contribution in [0, 0.1) is 0 Å². The van der Waals surface area contributed by atoms with Crippen molar-refractivity contribution in [2.45, 2.75) is 19.5 Å². The number of rotatable bonds is 5. The SMILES string of the molecule is CCOc1ccccc1NC(=O)N1CCn2cccc2C1c1ccccc1OC. The Morgan fingerprint density at radius 1 is 1.03 bits per heavy atom. The number of amides is 2. The van der Waals surface area contributed by atoms with Gasteiger partial charge in [0.1, 0.15) is 17.5 Å². The second kappa shape index (κ2) is 8.31. The molecule has 1 N–H and O–H groups in total. The Labute approximate surface area is 170 Å². The van der Waals surface area contributed by atoms with E-state index in [1.165, 1.54) is 0 Å². The van der Waals surface area contributed by atoms with Crippen molar-refractivity contribution >= 4 is 11.7 Å². The van der Waals surface area contributed by atoms with E-state index in [0.29, 0.717) is 24.6 Å². The Kier molecular flexibility index (Phi) is 5.42. The Morgan fingerprint density at radius 2 is 1.79 bits per heavy atom. The second-order valence-corrected chi connectivity index (χ2v) is 6.82. The number of aromatic nitrogens is 1. The molecule has 1 aliphatic heterocycles. The number of nitrogens with one attached hydrogen (secondary N) is 1. The molecule has 0 fully saturated rings. The summed E-state index contributed by atoms with van der Waals surface area (Å²) in [6.07, 6.45) is 2.05. The van der Waals surface area contributed by atoms with Gasteiger partial charge in [0.2, 0.25) is 0 Å². The number of hydrogen-bond donors (Lipinski definition) is 1. The highest BCUT2D eigenvalue weighted by Gasteiger charge is 2.34. The number of anilines is 1. The van der Waals surface area contributed by atoms with Crippen LogP contribution in [0.25, 0.3) is 0 Å². The summed E-state index contributed by atoms with van der Waals surface area (Å²) in [5.41, 5.74) is 2.69. The smallest absolute Gasteiger partial charge is 0.322 e. The maximum Gasteiger partial charge on any atom is 0.322 e. The quantitative estimate of drug-likeness (QED) is 0.695. The highest BCUT2D eigenvalue weighted by atomic mass is 16.5. The molecule has 6 heteroatoms. The number of fused-ring (bicyclic) bond motifs is 1. The minimum atomic E-state index is -0.242. The van der Waals surface area contributed by atoms with Gasteiger partial charge in [-0.2, -0.15) is 0 Å². The zero-order valence-corrected chi connectivity index (χ0v) is 16.7. The second-order valence-electron chi connectivity index (χ2n) is 6.82. The van der Waals surface area contributed by atoms with Crippen molar-refractivity contribution in [1.29, 1.82) is 0 Å². The van der Waals surface area contributed by atoms with Gasteiger partial charge in [0.05, 0.1) is 19.4 Å². The number of carbonyl (C=O) groups excluding carboxylic acids is 1. The minimum Gasteiger partial charge on any atom is -0.496 e. The van der Waals surface area contributed by atoms with E-state index in [4.69, 9.17) is 9.47 Å². The van der Waals surface area contributed by atoms with Crippen LogP contribution in [0.2, 0.25) is 0 Å². The van der Waals surface area contributed by atoms with Crippen LogP contribution in [-0.2, 0) is 6.54 Å². The normalized spacial score (nSPS) is 15.5. The summed E-state index contributed by atoms with van der Waals surface area (Å²) in [6, 6.07) is 19.0. The lowest BCUT2D eigenvalue weighted by Crippen LogP contribution is -2.44. The van der Waals surface area contributed by atoms with E-state index < -0.39 is 0 Å². The van der Waals surface area contributed by atoms with E-state index in [2.05, 4.69) is 22.1 Å². The number of ether oxygens (including phenoxy) is 2. The molecule has 2 aromatic carbocycles. The van der Waals surface area contributed by atoms with Gasteiger partial charge in [0.25, 0.3) is 0 Å². The van der Waals surface area contributed by atoms with Gasteiger partial charge < -0.3 is 24.3 Å².